The highest BCUT2D eigenvalue weighted by molar-refractivity contribution is 6.36. The van der Waals surface area contributed by atoms with E-state index in [0.29, 0.717) is 35.6 Å². The minimum absolute atomic E-state index is 0.167. The smallest absolute Gasteiger partial charge is 0.226 e. The molecule has 5 aromatic rings. The zero-order valence-electron chi connectivity index (χ0n) is 20.3. The fourth-order valence-electron chi connectivity index (χ4n) is 5.01. The molecule has 0 aliphatic carbocycles. The summed E-state index contributed by atoms with van der Waals surface area (Å²) >= 11 is 6.45. The van der Waals surface area contributed by atoms with Crippen LogP contribution in [0.5, 0.6) is 0 Å². The third kappa shape index (κ3) is 4.79. The predicted octanol–water partition coefficient (Wildman–Crippen LogP) is 4.64. The van der Waals surface area contributed by atoms with E-state index in [9.17, 15) is 4.79 Å². The molecule has 37 heavy (non-hydrogen) atoms. The van der Waals surface area contributed by atoms with Crippen molar-refractivity contribution in [3.63, 3.8) is 0 Å². The summed E-state index contributed by atoms with van der Waals surface area (Å²) in [4.78, 5) is 19.7. The van der Waals surface area contributed by atoms with Crippen LogP contribution in [0, 0.1) is 0 Å². The first-order chi connectivity index (χ1) is 18.0. The van der Waals surface area contributed by atoms with Crippen LogP contribution in [-0.4, -0.2) is 52.4 Å². The van der Waals surface area contributed by atoms with Crippen LogP contribution in [0.2, 0.25) is 5.02 Å². The van der Waals surface area contributed by atoms with Crippen LogP contribution in [0.1, 0.15) is 18.4 Å². The number of carbonyl (C=O) groups excluding carboxylic acids is 1. The lowest BCUT2D eigenvalue weighted by atomic mass is 10.0. The maximum Gasteiger partial charge on any atom is 0.226 e. The Morgan fingerprint density at radius 1 is 1.00 bits per heavy atom. The van der Waals surface area contributed by atoms with Crippen LogP contribution in [0.15, 0.2) is 79.0 Å². The topological polar surface area (TPSA) is 62.5 Å². The average molecular weight is 506 g/mol. The molecule has 0 atom stereocenters. The number of fused-ring (bicyclic) bond motifs is 2. The molecule has 0 spiro atoms. The number of aromatic nitrogens is 3. The summed E-state index contributed by atoms with van der Waals surface area (Å²) in [6.07, 6.45) is 3.70. The molecule has 0 bridgehead atoms. The molecule has 0 saturated carbocycles. The van der Waals surface area contributed by atoms with E-state index in [2.05, 4.69) is 40.7 Å². The van der Waals surface area contributed by atoms with Gasteiger partial charge in [-0.1, -0.05) is 72.3 Å². The highest BCUT2D eigenvalue weighted by Crippen LogP contribution is 2.29. The first-order valence-electron chi connectivity index (χ1n) is 12.5. The number of likely N-dealkylation sites (tertiary alicyclic amines) is 1. The zero-order valence-corrected chi connectivity index (χ0v) is 21.0. The van der Waals surface area contributed by atoms with E-state index in [0.717, 1.165) is 40.9 Å². The van der Waals surface area contributed by atoms with Crippen molar-refractivity contribution < 1.29 is 4.79 Å². The summed E-state index contributed by atoms with van der Waals surface area (Å²) in [5, 5.41) is 11.0. The average Bonchev–Trinajstić information content (AvgIpc) is 3.30. The fourth-order valence-corrected chi connectivity index (χ4v) is 5.24. The van der Waals surface area contributed by atoms with Gasteiger partial charge in [-0.25, -0.2) is 4.98 Å². The van der Waals surface area contributed by atoms with Gasteiger partial charge in [0.1, 0.15) is 13.7 Å². The van der Waals surface area contributed by atoms with E-state index in [1.807, 2.05) is 47.4 Å². The van der Waals surface area contributed by atoms with Crippen molar-refractivity contribution >= 4 is 53.1 Å². The molecular weight excluding hydrogens is 481 g/mol. The van der Waals surface area contributed by atoms with Crippen molar-refractivity contribution in [2.45, 2.75) is 25.3 Å². The number of amides is 1. The van der Waals surface area contributed by atoms with Crippen LogP contribution >= 0.6 is 11.6 Å². The summed E-state index contributed by atoms with van der Waals surface area (Å²) in [5.41, 5.74) is 3.71. The number of hydrogen-bond acceptors (Lipinski definition) is 4. The Bertz CT molecular complexity index is 1610. The van der Waals surface area contributed by atoms with E-state index in [1.165, 1.54) is 5.39 Å². The maximum atomic E-state index is 13.0. The van der Waals surface area contributed by atoms with E-state index < -0.39 is 0 Å². The number of nitrogens with zero attached hydrogens (tertiary/aromatic N) is 4. The van der Waals surface area contributed by atoms with Gasteiger partial charge in [-0.3, -0.25) is 4.79 Å². The zero-order chi connectivity index (χ0) is 25.4. The maximum absolute atomic E-state index is 13.0. The molecule has 1 fully saturated rings. The lowest BCUT2D eigenvalue weighted by Gasteiger charge is -2.33. The summed E-state index contributed by atoms with van der Waals surface area (Å²) in [5.74, 6) is 0.971. The minimum Gasteiger partial charge on any atom is -0.367 e. The van der Waals surface area contributed by atoms with Gasteiger partial charge in [0.2, 0.25) is 5.91 Å². The molecule has 1 amide bonds. The molecule has 3 aromatic carbocycles. The van der Waals surface area contributed by atoms with Gasteiger partial charge in [0.05, 0.1) is 12.1 Å². The van der Waals surface area contributed by atoms with Gasteiger partial charge in [0.15, 0.2) is 5.65 Å². The van der Waals surface area contributed by atoms with Gasteiger partial charge >= 0.3 is 0 Å². The number of rotatable bonds is 5. The molecule has 1 aliphatic rings. The van der Waals surface area contributed by atoms with Crippen LogP contribution < -0.4 is 10.8 Å². The third-order valence-corrected chi connectivity index (χ3v) is 7.35. The summed E-state index contributed by atoms with van der Waals surface area (Å²) in [6.45, 7) is 1.41. The van der Waals surface area contributed by atoms with Crippen molar-refractivity contribution in [2.24, 2.45) is 0 Å². The SMILES string of the molecule is [B]c1cnn2c(NC3CCN(C(=O)Cc4ccc5ccccc5c4)CC3)cc(-c3ccccc3Cl)nc12. The summed E-state index contributed by atoms with van der Waals surface area (Å²) in [7, 11) is 6.16. The van der Waals surface area contributed by atoms with Crippen molar-refractivity contribution in [3.05, 3.63) is 89.6 Å². The first-order valence-corrected chi connectivity index (χ1v) is 12.8. The van der Waals surface area contributed by atoms with Crippen molar-refractivity contribution in [1.29, 1.82) is 0 Å². The largest absolute Gasteiger partial charge is 0.367 e. The molecule has 6 nitrogen and oxygen atoms in total. The lowest BCUT2D eigenvalue weighted by molar-refractivity contribution is -0.131. The second-order valence-corrected chi connectivity index (χ2v) is 9.91. The van der Waals surface area contributed by atoms with Gasteiger partial charge in [-0.05, 0) is 40.7 Å². The molecule has 6 rings (SSSR count). The molecule has 1 saturated heterocycles. The highest BCUT2D eigenvalue weighted by atomic mass is 35.5. The Labute approximate surface area is 221 Å². The van der Waals surface area contributed by atoms with Crippen molar-refractivity contribution in [3.8, 4) is 11.3 Å². The minimum atomic E-state index is 0.167. The number of hydrogen-bond donors (Lipinski definition) is 1. The Morgan fingerprint density at radius 2 is 1.76 bits per heavy atom. The van der Waals surface area contributed by atoms with Crippen molar-refractivity contribution in [1.82, 2.24) is 19.5 Å². The van der Waals surface area contributed by atoms with Crippen LogP contribution in [0.4, 0.5) is 5.82 Å². The summed E-state index contributed by atoms with van der Waals surface area (Å²) in [6, 6.07) is 24.2. The van der Waals surface area contributed by atoms with Crippen LogP contribution in [-0.2, 0) is 11.2 Å². The Hall–Kier alpha value is -3.84. The van der Waals surface area contributed by atoms with Gasteiger partial charge in [0, 0.05) is 42.0 Å². The molecule has 2 radical (unpaired) electrons. The number of benzene rings is 3. The van der Waals surface area contributed by atoms with E-state index in [1.54, 1.807) is 10.7 Å². The molecular formula is C29H25BClN5O. The van der Waals surface area contributed by atoms with Gasteiger partial charge in [-0.2, -0.15) is 9.61 Å². The third-order valence-electron chi connectivity index (χ3n) is 7.02. The van der Waals surface area contributed by atoms with Crippen molar-refractivity contribution in [2.75, 3.05) is 18.4 Å². The predicted molar refractivity (Wildman–Crippen MR) is 150 cm³/mol. The van der Waals surface area contributed by atoms with E-state index in [-0.39, 0.29) is 11.9 Å². The van der Waals surface area contributed by atoms with Gasteiger partial charge in [0.25, 0.3) is 0 Å². The fraction of sp³-hybridized carbons (Fsp3) is 0.207. The Kier molecular flexibility index (Phi) is 6.31. The Balaban J connectivity index is 1.15. The molecule has 182 valence electrons. The monoisotopic (exact) mass is 505 g/mol. The number of piperidine rings is 1. The standard InChI is InChI=1S/C29H25BClN5O/c30-24-18-32-36-27(17-26(34-29(24)36)23-7-3-4-8-25(23)31)33-22-11-13-35(14-12-22)28(37)16-19-9-10-20-5-1-2-6-21(20)15-19/h1-10,15,17-18,22,33H,11-14,16H2. The van der Waals surface area contributed by atoms with E-state index in [4.69, 9.17) is 24.4 Å². The molecule has 1 N–H and O–H groups in total. The molecule has 8 heteroatoms. The highest BCUT2D eigenvalue weighted by Gasteiger charge is 2.24. The molecule has 2 aromatic heterocycles. The van der Waals surface area contributed by atoms with E-state index >= 15 is 0 Å². The van der Waals surface area contributed by atoms with Crippen LogP contribution in [0.3, 0.4) is 0 Å². The molecule has 1 aliphatic heterocycles. The first kappa shape index (κ1) is 23.6. The normalized spacial score (nSPS) is 14.4. The number of carbonyl (C=O) groups is 1. The molecule has 0 unspecified atom stereocenters. The number of anilines is 1. The number of nitrogens with one attached hydrogen (secondary N) is 1. The number of halogens is 1. The Morgan fingerprint density at radius 3 is 2.57 bits per heavy atom. The van der Waals surface area contributed by atoms with Gasteiger partial charge < -0.3 is 10.2 Å². The van der Waals surface area contributed by atoms with Gasteiger partial charge in [-0.15, -0.1) is 0 Å². The molecule has 3 heterocycles. The quantitative estimate of drug-likeness (QED) is 0.354. The second kappa shape index (κ2) is 9.90. The van der Waals surface area contributed by atoms with Crippen LogP contribution in [0.25, 0.3) is 27.7 Å². The second-order valence-electron chi connectivity index (χ2n) is 9.50. The lowest BCUT2D eigenvalue weighted by Crippen LogP contribution is -2.43. The summed E-state index contributed by atoms with van der Waals surface area (Å²) < 4.78 is 1.73.